The second-order valence-corrected chi connectivity index (χ2v) is 11.4. The highest BCUT2D eigenvalue weighted by Crippen LogP contribution is 2.49. The molecule has 7 aromatic rings. The van der Waals surface area contributed by atoms with Gasteiger partial charge in [0.1, 0.15) is 5.84 Å². The van der Waals surface area contributed by atoms with Crippen molar-refractivity contribution >= 4 is 22.8 Å². The van der Waals surface area contributed by atoms with E-state index in [0.29, 0.717) is 12.4 Å². The van der Waals surface area contributed by atoms with Crippen LogP contribution in [0.5, 0.6) is 0 Å². The number of benzene rings is 6. The van der Waals surface area contributed by atoms with Crippen LogP contribution in [0.25, 0.3) is 55.3 Å². The van der Waals surface area contributed by atoms with Crippen LogP contribution in [0.15, 0.2) is 168 Å². The molecule has 0 fully saturated rings. The molecule has 47 heavy (non-hydrogen) atoms. The summed E-state index contributed by atoms with van der Waals surface area (Å²) in [5, 5.41) is 2.69. The average molecular weight is 607 g/mol. The zero-order chi connectivity index (χ0) is 32.0. The summed E-state index contributed by atoms with van der Waals surface area (Å²) >= 11 is 0. The van der Waals surface area contributed by atoms with E-state index in [4.69, 9.17) is 5.73 Å². The van der Waals surface area contributed by atoms with Crippen molar-refractivity contribution in [2.45, 2.75) is 6.54 Å². The third-order valence-corrected chi connectivity index (χ3v) is 8.52. The zero-order valence-corrected chi connectivity index (χ0v) is 26.2. The van der Waals surface area contributed by atoms with Crippen molar-refractivity contribution in [3.63, 3.8) is 0 Å². The first-order valence-electron chi connectivity index (χ1n) is 15.7. The second-order valence-electron chi connectivity index (χ2n) is 11.4. The number of nitrogens with zero attached hydrogens (tertiary/aromatic N) is 3. The van der Waals surface area contributed by atoms with Crippen molar-refractivity contribution < 1.29 is 0 Å². The van der Waals surface area contributed by atoms with Gasteiger partial charge in [-0.05, 0) is 73.0 Å². The van der Waals surface area contributed by atoms with Crippen LogP contribution < -0.4 is 5.73 Å². The first-order chi connectivity index (χ1) is 23.2. The Kier molecular flexibility index (Phi) is 8.48. The molecule has 0 amide bonds. The van der Waals surface area contributed by atoms with Gasteiger partial charge in [-0.2, -0.15) is 0 Å². The Labute approximate surface area is 275 Å². The number of nitrogens with two attached hydrogens (primary N) is 1. The fraction of sp³-hybridized carbons (Fsp3) is 0.0465. The molecule has 1 aromatic heterocycles. The van der Waals surface area contributed by atoms with Crippen LogP contribution >= 0.6 is 0 Å². The minimum absolute atomic E-state index is 0.547. The van der Waals surface area contributed by atoms with E-state index in [0.717, 1.165) is 22.3 Å². The minimum atomic E-state index is 0.547. The fourth-order valence-electron chi connectivity index (χ4n) is 6.17. The van der Waals surface area contributed by atoms with E-state index < -0.39 is 0 Å². The lowest BCUT2D eigenvalue weighted by atomic mass is 9.94. The third-order valence-electron chi connectivity index (χ3n) is 8.52. The fourth-order valence-corrected chi connectivity index (χ4v) is 6.17. The SMILES string of the molecule is C(=NCc1ccccc1)c1ccc(-c2ccc3c4c(cccc24)-c2ccccc2-3)cc1.CN=C(N)c1cccc(-c2cccnc2)c1. The van der Waals surface area contributed by atoms with E-state index in [1.54, 1.807) is 13.2 Å². The molecule has 0 saturated heterocycles. The van der Waals surface area contributed by atoms with Gasteiger partial charge in [-0.3, -0.25) is 15.0 Å². The second kappa shape index (κ2) is 13.5. The van der Waals surface area contributed by atoms with Crippen molar-refractivity contribution in [3.8, 4) is 44.5 Å². The van der Waals surface area contributed by atoms with Crippen LogP contribution in [-0.2, 0) is 6.54 Å². The quantitative estimate of drug-likeness (QED) is 0.151. The van der Waals surface area contributed by atoms with Gasteiger partial charge in [-0.1, -0.05) is 133 Å². The van der Waals surface area contributed by atoms with Crippen molar-refractivity contribution in [2.75, 3.05) is 7.05 Å². The van der Waals surface area contributed by atoms with Gasteiger partial charge in [0, 0.05) is 36.8 Å². The molecule has 0 saturated carbocycles. The van der Waals surface area contributed by atoms with E-state index >= 15 is 0 Å². The number of aromatic nitrogens is 1. The van der Waals surface area contributed by atoms with E-state index in [-0.39, 0.29) is 0 Å². The number of rotatable bonds is 6. The molecule has 4 nitrogen and oxygen atoms in total. The van der Waals surface area contributed by atoms with E-state index in [9.17, 15) is 0 Å². The molecule has 6 aromatic carbocycles. The molecular formula is C43H34N4. The van der Waals surface area contributed by atoms with Crippen molar-refractivity contribution in [1.29, 1.82) is 0 Å². The maximum absolute atomic E-state index is 5.78. The standard InChI is InChI=1S/C30H21N.C13H13N3/c1-2-7-21(8-3-1)19-31-20-22-13-15-23(16-14-22)24-17-18-29-26-10-5-4-9-25(26)28-12-6-11-27(24)30(28)29;1-15-13(14)11-5-2-4-10(8-11)12-6-3-7-16-9-12/h1-18,20H,19H2;2-9H,1H3,(H2,14,15). The Morgan fingerprint density at radius 3 is 2.04 bits per heavy atom. The predicted molar refractivity (Wildman–Crippen MR) is 198 cm³/mol. The summed E-state index contributed by atoms with van der Waals surface area (Å²) in [6.45, 7) is 0.706. The molecule has 0 spiro atoms. The zero-order valence-electron chi connectivity index (χ0n) is 26.2. The van der Waals surface area contributed by atoms with Crippen LogP contribution in [0.2, 0.25) is 0 Å². The summed E-state index contributed by atoms with van der Waals surface area (Å²) in [6, 6.07) is 50.9. The Morgan fingerprint density at radius 1 is 0.617 bits per heavy atom. The molecule has 4 heteroatoms. The maximum Gasteiger partial charge on any atom is 0.125 e. The molecule has 0 unspecified atom stereocenters. The highest BCUT2D eigenvalue weighted by atomic mass is 14.8. The number of amidine groups is 1. The summed E-state index contributed by atoms with van der Waals surface area (Å²) in [6.07, 6.45) is 5.55. The van der Waals surface area contributed by atoms with Crippen LogP contribution in [-0.4, -0.2) is 24.1 Å². The molecule has 2 N–H and O–H groups in total. The molecule has 8 rings (SSSR count). The molecule has 226 valence electrons. The highest BCUT2D eigenvalue weighted by Gasteiger charge is 2.21. The van der Waals surface area contributed by atoms with E-state index in [2.05, 4.69) is 118 Å². The number of fused-ring (bicyclic) bond motifs is 3. The van der Waals surface area contributed by atoms with E-state index in [1.807, 2.05) is 54.9 Å². The van der Waals surface area contributed by atoms with Gasteiger partial charge >= 0.3 is 0 Å². The molecule has 1 heterocycles. The lowest BCUT2D eigenvalue weighted by Gasteiger charge is -2.10. The van der Waals surface area contributed by atoms with Crippen molar-refractivity contribution in [1.82, 2.24) is 4.98 Å². The van der Waals surface area contributed by atoms with Crippen LogP contribution in [0.3, 0.4) is 0 Å². The van der Waals surface area contributed by atoms with Gasteiger partial charge in [0.2, 0.25) is 0 Å². The summed E-state index contributed by atoms with van der Waals surface area (Å²) in [5.74, 6) is 0.547. The van der Waals surface area contributed by atoms with Gasteiger partial charge in [0.15, 0.2) is 0 Å². The number of aliphatic imine (C=N–C) groups is 2. The van der Waals surface area contributed by atoms with Gasteiger partial charge in [-0.25, -0.2) is 0 Å². The lowest BCUT2D eigenvalue weighted by Crippen LogP contribution is -2.12. The number of hydrogen-bond acceptors (Lipinski definition) is 3. The Morgan fingerprint density at radius 2 is 1.30 bits per heavy atom. The monoisotopic (exact) mass is 606 g/mol. The first kappa shape index (κ1) is 29.6. The molecule has 0 aliphatic heterocycles. The summed E-state index contributed by atoms with van der Waals surface area (Å²) < 4.78 is 0. The third kappa shape index (κ3) is 6.22. The van der Waals surface area contributed by atoms with Crippen molar-refractivity contribution in [2.24, 2.45) is 15.7 Å². The minimum Gasteiger partial charge on any atom is -0.384 e. The van der Waals surface area contributed by atoms with Crippen LogP contribution in [0.1, 0.15) is 16.7 Å². The smallest absolute Gasteiger partial charge is 0.125 e. The predicted octanol–water partition coefficient (Wildman–Crippen LogP) is 9.86. The van der Waals surface area contributed by atoms with E-state index in [1.165, 1.54) is 49.7 Å². The summed E-state index contributed by atoms with van der Waals surface area (Å²) in [5.41, 5.74) is 19.1. The normalized spacial score (nSPS) is 11.7. The lowest BCUT2D eigenvalue weighted by molar-refractivity contribution is 1.08. The maximum atomic E-state index is 5.78. The summed E-state index contributed by atoms with van der Waals surface area (Å²) in [4.78, 5) is 12.7. The Hall–Kier alpha value is -6.13. The average Bonchev–Trinajstić information content (AvgIpc) is 3.48. The Balaban J connectivity index is 0.000000185. The first-order valence-corrected chi connectivity index (χ1v) is 15.7. The molecular weight excluding hydrogens is 573 g/mol. The topological polar surface area (TPSA) is 63.6 Å². The van der Waals surface area contributed by atoms with Gasteiger partial charge in [-0.15, -0.1) is 0 Å². The molecule has 0 radical (unpaired) electrons. The van der Waals surface area contributed by atoms with Gasteiger partial charge < -0.3 is 5.73 Å². The summed E-state index contributed by atoms with van der Waals surface area (Å²) in [7, 11) is 1.69. The Bertz CT molecular complexity index is 2190. The number of pyridine rings is 1. The van der Waals surface area contributed by atoms with Gasteiger partial charge in [0.05, 0.1) is 6.54 Å². The van der Waals surface area contributed by atoms with Crippen LogP contribution in [0.4, 0.5) is 0 Å². The molecule has 1 aliphatic rings. The number of hydrogen-bond donors (Lipinski definition) is 1. The highest BCUT2D eigenvalue weighted by molar-refractivity contribution is 6.18. The van der Waals surface area contributed by atoms with Crippen LogP contribution in [0, 0.1) is 0 Å². The van der Waals surface area contributed by atoms with Crippen molar-refractivity contribution in [3.05, 3.63) is 175 Å². The van der Waals surface area contributed by atoms with Gasteiger partial charge in [0.25, 0.3) is 0 Å². The molecule has 0 atom stereocenters. The largest absolute Gasteiger partial charge is 0.384 e. The molecule has 1 aliphatic carbocycles. The molecule has 0 bridgehead atoms.